The predicted octanol–water partition coefficient (Wildman–Crippen LogP) is 3.83. The molecule has 1 fully saturated rings. The number of urea groups is 1. The smallest absolute Gasteiger partial charge is 0.315 e. The minimum absolute atomic E-state index is 0.157. The molecular weight excluding hydrogens is 583 g/mol. The zero-order chi connectivity index (χ0) is 28.7. The molecule has 3 heterocycles. The number of thioether (sulfide) groups is 1. The van der Waals surface area contributed by atoms with E-state index in [9.17, 15) is 18.0 Å². The molecule has 1 aliphatic rings. The number of rotatable bonds is 11. The summed E-state index contributed by atoms with van der Waals surface area (Å²) < 4.78 is 32.9. The van der Waals surface area contributed by atoms with Crippen LogP contribution in [0, 0.1) is 0 Å². The van der Waals surface area contributed by atoms with Gasteiger partial charge in [0.2, 0.25) is 5.91 Å². The molecule has 1 aliphatic heterocycles. The van der Waals surface area contributed by atoms with E-state index in [1.807, 2.05) is 54.6 Å². The fourth-order valence-corrected chi connectivity index (χ4v) is 8.72. The number of aromatic nitrogens is 1. The van der Waals surface area contributed by atoms with Crippen molar-refractivity contribution in [1.82, 2.24) is 25.4 Å². The first-order valence-electron chi connectivity index (χ1n) is 13.0. The van der Waals surface area contributed by atoms with Crippen molar-refractivity contribution in [3.05, 3.63) is 95.7 Å². The molecule has 2 aromatic heterocycles. The molecular formula is C28H29N5O5S3. The summed E-state index contributed by atoms with van der Waals surface area (Å²) in [5.74, 6) is 0.169. The second kappa shape index (κ2) is 13.3. The van der Waals surface area contributed by atoms with Crippen molar-refractivity contribution in [1.29, 1.82) is 0 Å². The number of hydrogen-bond donors (Lipinski definition) is 3. The van der Waals surface area contributed by atoms with Crippen LogP contribution in [0.1, 0.15) is 16.7 Å². The molecule has 1 saturated heterocycles. The van der Waals surface area contributed by atoms with Crippen LogP contribution in [0.2, 0.25) is 0 Å². The van der Waals surface area contributed by atoms with Crippen LogP contribution in [-0.4, -0.2) is 54.0 Å². The minimum Gasteiger partial charge on any atom is -0.364 e. The van der Waals surface area contributed by atoms with Gasteiger partial charge in [0.1, 0.15) is 21.5 Å². The Morgan fingerprint density at radius 2 is 1.63 bits per heavy atom. The summed E-state index contributed by atoms with van der Waals surface area (Å²) in [5.41, 5.74) is 3.51. The summed E-state index contributed by atoms with van der Waals surface area (Å²) >= 11 is 2.40. The zero-order valence-corrected chi connectivity index (χ0v) is 24.4. The SMILES string of the molecule is O=C(NCCc1ccccc1)NCc1ccc(CNC(=O)C2SCCN2S(=O)(=O)c2ccc(-c3ccon3)s2)cc1. The van der Waals surface area contributed by atoms with E-state index in [0.717, 1.165) is 34.4 Å². The monoisotopic (exact) mass is 611 g/mol. The van der Waals surface area contributed by atoms with Crippen molar-refractivity contribution < 1.29 is 22.5 Å². The molecule has 2 aromatic carbocycles. The molecule has 0 aliphatic carbocycles. The number of amides is 3. The van der Waals surface area contributed by atoms with Crippen molar-refractivity contribution in [3.63, 3.8) is 0 Å². The van der Waals surface area contributed by atoms with Gasteiger partial charge in [0.25, 0.3) is 10.0 Å². The highest BCUT2D eigenvalue weighted by atomic mass is 32.2. The Balaban J connectivity index is 1.08. The summed E-state index contributed by atoms with van der Waals surface area (Å²) in [6, 6.07) is 22.1. The second-order valence-electron chi connectivity index (χ2n) is 9.22. The Morgan fingerprint density at radius 3 is 2.34 bits per heavy atom. The Bertz CT molecular complexity index is 1560. The predicted molar refractivity (Wildman–Crippen MR) is 159 cm³/mol. The largest absolute Gasteiger partial charge is 0.364 e. The van der Waals surface area contributed by atoms with E-state index in [1.165, 1.54) is 28.4 Å². The molecule has 3 N–H and O–H groups in total. The van der Waals surface area contributed by atoms with E-state index >= 15 is 0 Å². The van der Waals surface area contributed by atoms with Gasteiger partial charge < -0.3 is 20.5 Å². The maximum absolute atomic E-state index is 13.3. The Kier molecular flexibility index (Phi) is 9.39. The lowest BCUT2D eigenvalue weighted by molar-refractivity contribution is -0.122. The average molecular weight is 612 g/mol. The van der Waals surface area contributed by atoms with Gasteiger partial charge in [-0.1, -0.05) is 59.8 Å². The van der Waals surface area contributed by atoms with Crippen molar-refractivity contribution in [2.75, 3.05) is 18.8 Å². The van der Waals surface area contributed by atoms with Crippen LogP contribution < -0.4 is 16.0 Å². The second-order valence-corrected chi connectivity index (χ2v) is 13.6. The Labute approximate surface area is 246 Å². The lowest BCUT2D eigenvalue weighted by Gasteiger charge is -2.21. The summed E-state index contributed by atoms with van der Waals surface area (Å²) in [6.45, 7) is 1.43. The maximum atomic E-state index is 13.3. The molecule has 41 heavy (non-hydrogen) atoms. The fourth-order valence-electron chi connectivity index (χ4n) is 4.22. The third kappa shape index (κ3) is 7.36. The Morgan fingerprint density at radius 1 is 0.902 bits per heavy atom. The van der Waals surface area contributed by atoms with Gasteiger partial charge in [-0.25, -0.2) is 13.2 Å². The van der Waals surface area contributed by atoms with Crippen LogP contribution in [0.15, 0.2) is 87.8 Å². The van der Waals surface area contributed by atoms with Crippen molar-refractivity contribution >= 4 is 45.1 Å². The van der Waals surface area contributed by atoms with Crippen LogP contribution >= 0.6 is 23.1 Å². The van der Waals surface area contributed by atoms with E-state index in [-0.39, 0.29) is 29.2 Å². The average Bonchev–Trinajstić information content (AvgIpc) is 3.78. The van der Waals surface area contributed by atoms with Crippen molar-refractivity contribution in [2.24, 2.45) is 0 Å². The molecule has 0 radical (unpaired) electrons. The zero-order valence-electron chi connectivity index (χ0n) is 22.0. The first-order valence-corrected chi connectivity index (χ1v) is 16.3. The van der Waals surface area contributed by atoms with Gasteiger partial charge in [0.15, 0.2) is 0 Å². The first-order chi connectivity index (χ1) is 19.9. The molecule has 0 saturated carbocycles. The third-order valence-corrected chi connectivity index (χ3v) is 11.2. The van der Waals surface area contributed by atoms with Crippen molar-refractivity contribution in [3.8, 4) is 10.6 Å². The van der Waals surface area contributed by atoms with Gasteiger partial charge in [0, 0.05) is 38.0 Å². The van der Waals surface area contributed by atoms with Crippen LogP contribution in [0.5, 0.6) is 0 Å². The standard InChI is InChI=1S/C28H29N5O5S3/c34-26(27-33(15-17-39-27)41(36,37)25-11-10-24(40-25)23-13-16-38-32-23)30-18-21-6-8-22(9-7-21)19-31-28(35)29-14-12-20-4-2-1-3-5-20/h1-11,13,16,27H,12,14-15,17-19H2,(H,30,34)(H2,29,31,35). The van der Waals surface area contributed by atoms with Crippen LogP contribution in [0.4, 0.5) is 4.79 Å². The lowest BCUT2D eigenvalue weighted by Crippen LogP contribution is -2.44. The van der Waals surface area contributed by atoms with E-state index in [2.05, 4.69) is 21.1 Å². The van der Waals surface area contributed by atoms with Gasteiger partial charge in [-0.3, -0.25) is 4.79 Å². The number of thiophene rings is 1. The van der Waals surface area contributed by atoms with Gasteiger partial charge in [-0.2, -0.15) is 4.31 Å². The maximum Gasteiger partial charge on any atom is 0.315 e. The number of hydrogen-bond acceptors (Lipinski definition) is 8. The molecule has 1 atom stereocenters. The summed E-state index contributed by atoms with van der Waals surface area (Å²) in [5, 5.41) is 11.6. The molecule has 10 nitrogen and oxygen atoms in total. The van der Waals surface area contributed by atoms with Gasteiger partial charge in [-0.15, -0.1) is 23.1 Å². The van der Waals surface area contributed by atoms with Crippen molar-refractivity contribution in [2.45, 2.75) is 29.1 Å². The molecule has 0 spiro atoms. The fraction of sp³-hybridized carbons (Fsp3) is 0.250. The van der Waals surface area contributed by atoms with Crippen LogP contribution in [0.25, 0.3) is 10.6 Å². The molecule has 13 heteroatoms. The molecule has 1 unspecified atom stereocenters. The van der Waals surface area contributed by atoms with Gasteiger partial charge in [0.05, 0.1) is 4.88 Å². The number of carbonyl (C=O) groups excluding carboxylic acids is 2. The number of nitrogens with one attached hydrogen (secondary N) is 3. The number of carbonyl (C=O) groups is 2. The van der Waals surface area contributed by atoms with Crippen LogP contribution in [0.3, 0.4) is 0 Å². The van der Waals surface area contributed by atoms with E-state index in [0.29, 0.717) is 29.4 Å². The molecule has 214 valence electrons. The first kappa shape index (κ1) is 28.9. The topological polar surface area (TPSA) is 134 Å². The van der Waals surface area contributed by atoms with E-state index in [4.69, 9.17) is 4.52 Å². The molecule has 3 amide bonds. The molecule has 4 aromatic rings. The summed E-state index contributed by atoms with van der Waals surface area (Å²) in [7, 11) is -3.85. The normalized spacial score (nSPS) is 15.5. The van der Waals surface area contributed by atoms with E-state index < -0.39 is 15.4 Å². The van der Waals surface area contributed by atoms with Gasteiger partial charge in [-0.05, 0) is 35.2 Å². The lowest BCUT2D eigenvalue weighted by atomic mass is 10.1. The third-order valence-electron chi connectivity index (χ3n) is 6.39. The number of sulfonamides is 1. The van der Waals surface area contributed by atoms with Crippen LogP contribution in [-0.2, 0) is 34.3 Å². The molecule has 5 rings (SSSR count). The number of nitrogens with zero attached hydrogens (tertiary/aromatic N) is 2. The minimum atomic E-state index is -3.85. The highest BCUT2D eigenvalue weighted by Crippen LogP contribution is 2.35. The number of benzene rings is 2. The Hall–Kier alpha value is -3.65. The quantitative estimate of drug-likeness (QED) is 0.235. The molecule has 0 bridgehead atoms. The summed E-state index contributed by atoms with van der Waals surface area (Å²) in [6.07, 6.45) is 2.19. The highest BCUT2D eigenvalue weighted by Gasteiger charge is 2.40. The van der Waals surface area contributed by atoms with Gasteiger partial charge >= 0.3 is 6.03 Å². The summed E-state index contributed by atoms with van der Waals surface area (Å²) in [4.78, 5) is 25.8. The van der Waals surface area contributed by atoms with E-state index in [1.54, 1.807) is 12.1 Å². The highest BCUT2D eigenvalue weighted by molar-refractivity contribution is 8.02.